The second kappa shape index (κ2) is 4.53. The predicted octanol–water partition coefficient (Wildman–Crippen LogP) is 3.41. The van der Waals surface area contributed by atoms with Gasteiger partial charge in [0.2, 0.25) is 0 Å². The molecule has 0 saturated carbocycles. The van der Waals surface area contributed by atoms with Crippen molar-refractivity contribution in [3.05, 3.63) is 20.0 Å². The van der Waals surface area contributed by atoms with Gasteiger partial charge < -0.3 is 9.47 Å². The van der Waals surface area contributed by atoms with Gasteiger partial charge in [-0.15, -0.1) is 0 Å². The second-order valence-corrected chi connectivity index (χ2v) is 4.09. The topological polar surface area (TPSA) is 18.5 Å². The Balaban J connectivity index is 3.56. The standard InChI is InChI=1S/C9H9ClFIO2/c1-4-8(13-2)5(10)7(12)6(11)9(4)14-3/h1-3H3. The number of rotatable bonds is 2. The van der Waals surface area contributed by atoms with Gasteiger partial charge in [-0.1, -0.05) is 11.6 Å². The van der Waals surface area contributed by atoms with Gasteiger partial charge in [-0.25, -0.2) is 4.39 Å². The average molecular weight is 331 g/mol. The van der Waals surface area contributed by atoms with Gasteiger partial charge >= 0.3 is 0 Å². The highest BCUT2D eigenvalue weighted by Gasteiger charge is 2.20. The molecule has 0 fully saturated rings. The molecular formula is C9H9ClFIO2. The van der Waals surface area contributed by atoms with Crippen LogP contribution in [0.2, 0.25) is 5.02 Å². The zero-order chi connectivity index (χ0) is 10.9. The van der Waals surface area contributed by atoms with Gasteiger partial charge in [-0.2, -0.15) is 0 Å². The van der Waals surface area contributed by atoms with Gasteiger partial charge in [0.05, 0.1) is 22.8 Å². The van der Waals surface area contributed by atoms with Crippen LogP contribution in [0.15, 0.2) is 0 Å². The number of hydrogen-bond donors (Lipinski definition) is 0. The minimum absolute atomic E-state index is 0.177. The summed E-state index contributed by atoms with van der Waals surface area (Å²) in [4.78, 5) is 0. The maximum absolute atomic E-state index is 13.6. The van der Waals surface area contributed by atoms with Crippen LogP contribution in [0.3, 0.4) is 0 Å². The van der Waals surface area contributed by atoms with Crippen molar-refractivity contribution in [1.82, 2.24) is 0 Å². The molecular weight excluding hydrogens is 321 g/mol. The van der Waals surface area contributed by atoms with E-state index in [9.17, 15) is 4.39 Å². The normalized spacial score (nSPS) is 10.1. The van der Waals surface area contributed by atoms with Gasteiger partial charge in [-0.05, 0) is 29.5 Å². The molecule has 1 aromatic rings. The summed E-state index contributed by atoms with van der Waals surface area (Å²) in [6, 6.07) is 0. The first-order valence-electron chi connectivity index (χ1n) is 3.79. The summed E-state index contributed by atoms with van der Waals surface area (Å²) in [5.41, 5.74) is 0.568. The van der Waals surface area contributed by atoms with Crippen molar-refractivity contribution in [1.29, 1.82) is 0 Å². The summed E-state index contributed by atoms with van der Waals surface area (Å²) >= 11 is 7.72. The molecule has 0 aliphatic rings. The maximum atomic E-state index is 13.6. The van der Waals surface area contributed by atoms with Crippen molar-refractivity contribution in [2.75, 3.05) is 14.2 Å². The third-order valence-corrected chi connectivity index (χ3v) is 3.57. The average Bonchev–Trinajstić information content (AvgIpc) is 2.16. The van der Waals surface area contributed by atoms with E-state index in [2.05, 4.69) is 0 Å². The minimum atomic E-state index is -0.448. The van der Waals surface area contributed by atoms with Gasteiger partial charge in [-0.3, -0.25) is 0 Å². The molecule has 0 radical (unpaired) electrons. The van der Waals surface area contributed by atoms with E-state index >= 15 is 0 Å². The molecule has 0 heterocycles. The summed E-state index contributed by atoms with van der Waals surface area (Å²) < 4.78 is 23.9. The highest BCUT2D eigenvalue weighted by molar-refractivity contribution is 14.1. The molecule has 0 N–H and O–H groups in total. The first-order valence-corrected chi connectivity index (χ1v) is 5.25. The van der Waals surface area contributed by atoms with Crippen molar-refractivity contribution in [2.24, 2.45) is 0 Å². The molecule has 1 aromatic carbocycles. The number of benzene rings is 1. The van der Waals surface area contributed by atoms with E-state index in [1.165, 1.54) is 14.2 Å². The zero-order valence-corrected chi connectivity index (χ0v) is 10.9. The highest BCUT2D eigenvalue weighted by Crippen LogP contribution is 2.40. The number of methoxy groups -OCH3 is 2. The lowest BCUT2D eigenvalue weighted by Crippen LogP contribution is -1.99. The Morgan fingerprint density at radius 3 is 2.14 bits per heavy atom. The Kier molecular flexibility index (Phi) is 3.83. The number of hydrogen-bond acceptors (Lipinski definition) is 2. The van der Waals surface area contributed by atoms with Gasteiger partial charge in [0.1, 0.15) is 5.75 Å². The lowest BCUT2D eigenvalue weighted by Gasteiger charge is -2.13. The molecule has 5 heteroatoms. The summed E-state index contributed by atoms with van der Waals surface area (Å²) in [6.07, 6.45) is 0. The van der Waals surface area contributed by atoms with Crippen LogP contribution in [0, 0.1) is 16.3 Å². The summed E-state index contributed by atoms with van der Waals surface area (Å²) in [7, 11) is 2.90. The minimum Gasteiger partial charge on any atom is -0.495 e. The lowest BCUT2D eigenvalue weighted by atomic mass is 10.2. The summed E-state index contributed by atoms with van der Waals surface area (Å²) in [5, 5.41) is 0.281. The van der Waals surface area contributed by atoms with Crippen LogP contribution < -0.4 is 9.47 Å². The fourth-order valence-electron chi connectivity index (χ4n) is 1.21. The molecule has 2 nitrogen and oxygen atoms in total. The van der Waals surface area contributed by atoms with Crippen LogP contribution in [-0.4, -0.2) is 14.2 Å². The predicted molar refractivity (Wildman–Crippen MR) is 62.0 cm³/mol. The second-order valence-electron chi connectivity index (χ2n) is 2.63. The Hall–Kier alpha value is -0.230. The van der Waals surface area contributed by atoms with Gasteiger partial charge in [0, 0.05) is 5.56 Å². The van der Waals surface area contributed by atoms with Crippen molar-refractivity contribution in [2.45, 2.75) is 6.92 Å². The van der Waals surface area contributed by atoms with E-state index in [0.717, 1.165) is 0 Å². The van der Waals surface area contributed by atoms with E-state index < -0.39 is 5.82 Å². The molecule has 78 valence electrons. The molecule has 1 rings (SSSR count). The van der Waals surface area contributed by atoms with Crippen LogP contribution >= 0.6 is 34.2 Å². The fourth-order valence-corrected chi connectivity index (χ4v) is 2.01. The first kappa shape index (κ1) is 11.8. The van der Waals surface area contributed by atoms with E-state index in [-0.39, 0.29) is 10.8 Å². The molecule has 0 aliphatic heterocycles. The molecule has 0 atom stereocenters. The zero-order valence-electron chi connectivity index (χ0n) is 7.95. The van der Waals surface area contributed by atoms with E-state index in [1.807, 2.05) is 22.6 Å². The molecule has 0 aliphatic carbocycles. The van der Waals surface area contributed by atoms with E-state index in [4.69, 9.17) is 21.1 Å². The lowest BCUT2D eigenvalue weighted by molar-refractivity contribution is 0.367. The van der Waals surface area contributed by atoms with Crippen LogP contribution in [0.25, 0.3) is 0 Å². The quantitative estimate of drug-likeness (QED) is 0.611. The monoisotopic (exact) mass is 330 g/mol. The molecule has 0 unspecified atom stereocenters. The summed E-state index contributed by atoms with van der Waals surface area (Å²) in [6.45, 7) is 1.70. The van der Waals surface area contributed by atoms with Crippen molar-refractivity contribution in [3.8, 4) is 11.5 Å². The number of halogens is 3. The first-order chi connectivity index (χ1) is 6.54. The number of ether oxygens (including phenoxy) is 2. The molecule has 0 amide bonds. The SMILES string of the molecule is COc1c(C)c(OC)c(Cl)c(I)c1F. The Labute approximate surface area is 100 Å². The van der Waals surface area contributed by atoms with Gasteiger partial charge in [0.25, 0.3) is 0 Å². The summed E-state index contributed by atoms with van der Waals surface area (Å²) in [5.74, 6) is 0.182. The third kappa shape index (κ3) is 1.77. The fraction of sp³-hybridized carbons (Fsp3) is 0.333. The smallest absolute Gasteiger partial charge is 0.180 e. The van der Waals surface area contributed by atoms with Crippen molar-refractivity contribution < 1.29 is 13.9 Å². The van der Waals surface area contributed by atoms with Crippen LogP contribution in [0.5, 0.6) is 11.5 Å². The molecule has 0 saturated heterocycles. The van der Waals surface area contributed by atoms with Crippen molar-refractivity contribution in [3.63, 3.8) is 0 Å². The van der Waals surface area contributed by atoms with Gasteiger partial charge in [0.15, 0.2) is 11.6 Å². The van der Waals surface area contributed by atoms with Crippen LogP contribution in [-0.2, 0) is 0 Å². The molecule has 0 aromatic heterocycles. The van der Waals surface area contributed by atoms with Crippen molar-refractivity contribution >= 4 is 34.2 Å². The van der Waals surface area contributed by atoms with Crippen LogP contribution in [0.4, 0.5) is 4.39 Å². The Morgan fingerprint density at radius 2 is 1.71 bits per heavy atom. The molecule has 0 bridgehead atoms. The highest BCUT2D eigenvalue weighted by atomic mass is 127. The Bertz CT molecular complexity index is 337. The maximum Gasteiger partial charge on any atom is 0.180 e. The largest absolute Gasteiger partial charge is 0.495 e. The van der Waals surface area contributed by atoms with Crippen LogP contribution in [0.1, 0.15) is 5.56 Å². The molecule has 14 heavy (non-hydrogen) atoms. The third-order valence-electron chi connectivity index (χ3n) is 1.87. The molecule has 0 spiro atoms. The van der Waals surface area contributed by atoms with E-state index in [0.29, 0.717) is 14.9 Å². The van der Waals surface area contributed by atoms with E-state index in [1.54, 1.807) is 6.92 Å². The Morgan fingerprint density at radius 1 is 1.21 bits per heavy atom.